The minimum Gasteiger partial charge on any atom is -0.480 e. The molecule has 1 amide bonds. The molecule has 1 saturated carbocycles. The summed E-state index contributed by atoms with van der Waals surface area (Å²) in [6.45, 7) is 7.49. The molecule has 0 bridgehead atoms. The maximum Gasteiger partial charge on any atom is 0.326 e. The summed E-state index contributed by atoms with van der Waals surface area (Å²) >= 11 is 1.56. The minimum atomic E-state index is -1.02. The van der Waals surface area contributed by atoms with Crippen molar-refractivity contribution in [2.24, 2.45) is 5.92 Å². The first-order valence-corrected chi connectivity index (χ1v) is 16.2. The molecule has 2 aromatic carbocycles. The molecular formula is C33H47NO5S. The molecule has 2 N–H and O–H groups in total. The van der Waals surface area contributed by atoms with E-state index >= 15 is 0 Å². The van der Waals surface area contributed by atoms with Crippen LogP contribution in [-0.4, -0.2) is 53.8 Å². The van der Waals surface area contributed by atoms with Gasteiger partial charge < -0.3 is 19.9 Å². The molecule has 0 aromatic heterocycles. The van der Waals surface area contributed by atoms with E-state index in [0.29, 0.717) is 30.3 Å². The van der Waals surface area contributed by atoms with Crippen LogP contribution in [0.3, 0.4) is 0 Å². The second-order valence-corrected chi connectivity index (χ2v) is 11.9. The van der Waals surface area contributed by atoms with E-state index < -0.39 is 12.0 Å². The average Bonchev–Trinajstić information content (AvgIpc) is 2.96. The highest BCUT2D eigenvalue weighted by atomic mass is 32.2. The van der Waals surface area contributed by atoms with E-state index in [1.165, 1.54) is 32.1 Å². The monoisotopic (exact) mass is 569 g/mol. The van der Waals surface area contributed by atoms with Crippen LogP contribution < -0.4 is 5.32 Å². The number of rotatable bonds is 16. The predicted octanol–water partition coefficient (Wildman–Crippen LogP) is 7.27. The summed E-state index contributed by atoms with van der Waals surface area (Å²) in [6, 6.07) is 12.7. The number of aryl methyl sites for hydroxylation is 1. The molecule has 7 heteroatoms. The number of carboxylic acids is 1. The summed E-state index contributed by atoms with van der Waals surface area (Å²) in [4.78, 5) is 25.2. The highest BCUT2D eigenvalue weighted by Crippen LogP contribution is 2.32. The molecule has 2 unspecified atom stereocenters. The van der Waals surface area contributed by atoms with Crippen molar-refractivity contribution in [1.29, 1.82) is 0 Å². The molecule has 220 valence electrons. The third-order valence-electron chi connectivity index (χ3n) is 7.88. The van der Waals surface area contributed by atoms with E-state index in [1.54, 1.807) is 17.8 Å². The first-order chi connectivity index (χ1) is 19.3. The number of hydrogen-bond acceptors (Lipinski definition) is 5. The second kappa shape index (κ2) is 16.8. The molecule has 1 aliphatic carbocycles. The third-order valence-corrected chi connectivity index (χ3v) is 8.52. The third kappa shape index (κ3) is 9.35. The van der Waals surface area contributed by atoms with Crippen LogP contribution in [0.15, 0.2) is 42.5 Å². The molecule has 0 heterocycles. The molecule has 0 radical (unpaired) electrons. The number of carbonyl (C=O) groups is 2. The minimum absolute atomic E-state index is 0.0439. The zero-order valence-corrected chi connectivity index (χ0v) is 25.4. The van der Waals surface area contributed by atoms with Crippen molar-refractivity contribution >= 4 is 23.6 Å². The Balaban J connectivity index is 1.82. The Bertz CT molecular complexity index is 1080. The highest BCUT2D eigenvalue weighted by Gasteiger charge is 2.30. The molecule has 0 aliphatic heterocycles. The number of unbranched alkanes of at least 4 members (excludes halogenated alkanes) is 1. The van der Waals surface area contributed by atoms with E-state index in [-0.39, 0.29) is 18.1 Å². The summed E-state index contributed by atoms with van der Waals surface area (Å²) in [5.74, 6) is -0.218. The average molecular weight is 570 g/mol. The van der Waals surface area contributed by atoms with Gasteiger partial charge in [-0.15, -0.1) is 0 Å². The molecule has 3 rings (SSSR count). The van der Waals surface area contributed by atoms with E-state index in [2.05, 4.69) is 19.2 Å². The van der Waals surface area contributed by atoms with Gasteiger partial charge in [-0.25, -0.2) is 4.79 Å². The zero-order chi connectivity index (χ0) is 28.9. The van der Waals surface area contributed by atoms with E-state index in [0.717, 1.165) is 41.7 Å². The van der Waals surface area contributed by atoms with Gasteiger partial charge in [0, 0.05) is 12.2 Å². The van der Waals surface area contributed by atoms with Crippen molar-refractivity contribution in [2.75, 3.05) is 18.6 Å². The molecule has 40 heavy (non-hydrogen) atoms. The Morgan fingerprint density at radius 3 is 2.50 bits per heavy atom. The Morgan fingerprint density at radius 2 is 1.82 bits per heavy atom. The first-order valence-electron chi connectivity index (χ1n) is 14.8. The van der Waals surface area contributed by atoms with Crippen LogP contribution in [0.4, 0.5) is 0 Å². The number of amides is 1. The smallest absolute Gasteiger partial charge is 0.326 e. The molecule has 3 atom stereocenters. The topological polar surface area (TPSA) is 84.9 Å². The van der Waals surface area contributed by atoms with Crippen molar-refractivity contribution in [1.82, 2.24) is 5.32 Å². The SMILES string of the molecule is CCCCOC(C1CCCCC1)C(C)OCc1ccc(C(=O)N[C@@H](CCSC)C(=O)O)c(-c2ccccc2C)c1. The van der Waals surface area contributed by atoms with E-state index in [1.807, 2.05) is 49.6 Å². The molecule has 1 aliphatic rings. The summed E-state index contributed by atoms with van der Waals surface area (Å²) in [6.07, 6.45) is 10.7. The van der Waals surface area contributed by atoms with Gasteiger partial charge in [0.15, 0.2) is 0 Å². The normalized spacial score (nSPS) is 16.3. The van der Waals surface area contributed by atoms with Gasteiger partial charge in [0.25, 0.3) is 5.91 Å². The van der Waals surface area contributed by atoms with Crippen LogP contribution in [0, 0.1) is 12.8 Å². The fourth-order valence-electron chi connectivity index (χ4n) is 5.51. The number of hydrogen-bond donors (Lipinski definition) is 2. The molecule has 0 spiro atoms. The summed E-state index contributed by atoms with van der Waals surface area (Å²) in [5.41, 5.74) is 4.20. The van der Waals surface area contributed by atoms with Crippen LogP contribution in [0.1, 0.15) is 86.7 Å². The Labute approximate surface area is 244 Å². The van der Waals surface area contributed by atoms with Crippen LogP contribution in [0.25, 0.3) is 11.1 Å². The number of aliphatic carboxylic acids is 1. The largest absolute Gasteiger partial charge is 0.480 e. The summed E-state index contributed by atoms with van der Waals surface area (Å²) in [5, 5.41) is 12.4. The number of nitrogens with one attached hydrogen (secondary N) is 1. The number of ether oxygens (including phenoxy) is 2. The first kappa shape index (κ1) is 32.2. The van der Waals surface area contributed by atoms with Gasteiger partial charge in [0.1, 0.15) is 6.04 Å². The molecule has 0 saturated heterocycles. The quantitative estimate of drug-likeness (QED) is 0.207. The zero-order valence-electron chi connectivity index (χ0n) is 24.6. The van der Waals surface area contributed by atoms with Crippen molar-refractivity contribution in [3.05, 3.63) is 59.2 Å². The van der Waals surface area contributed by atoms with E-state index in [4.69, 9.17) is 9.47 Å². The van der Waals surface area contributed by atoms with Crippen LogP contribution in [0.2, 0.25) is 0 Å². The van der Waals surface area contributed by atoms with Crippen LogP contribution in [-0.2, 0) is 20.9 Å². The van der Waals surface area contributed by atoms with Gasteiger partial charge >= 0.3 is 5.97 Å². The molecule has 2 aromatic rings. The lowest BCUT2D eigenvalue weighted by molar-refractivity contribution is -0.139. The molecular weight excluding hydrogens is 522 g/mol. The second-order valence-electron chi connectivity index (χ2n) is 10.9. The Kier molecular flexibility index (Phi) is 13.5. The van der Waals surface area contributed by atoms with Crippen molar-refractivity contribution in [2.45, 2.75) is 97.0 Å². The summed E-state index contributed by atoms with van der Waals surface area (Å²) < 4.78 is 12.8. The number of carbonyl (C=O) groups excluding carboxylic acids is 1. The van der Waals surface area contributed by atoms with Gasteiger partial charge in [0.2, 0.25) is 0 Å². The number of benzene rings is 2. The fourth-order valence-corrected chi connectivity index (χ4v) is 5.98. The van der Waals surface area contributed by atoms with Crippen LogP contribution >= 0.6 is 11.8 Å². The van der Waals surface area contributed by atoms with E-state index in [9.17, 15) is 14.7 Å². The maximum atomic E-state index is 13.4. The maximum absolute atomic E-state index is 13.4. The number of thioether (sulfide) groups is 1. The van der Waals surface area contributed by atoms with Crippen LogP contribution in [0.5, 0.6) is 0 Å². The van der Waals surface area contributed by atoms with Crippen molar-refractivity contribution in [3.63, 3.8) is 0 Å². The lowest BCUT2D eigenvalue weighted by Gasteiger charge is -2.34. The van der Waals surface area contributed by atoms with Gasteiger partial charge in [-0.3, -0.25) is 4.79 Å². The van der Waals surface area contributed by atoms with Crippen molar-refractivity contribution in [3.8, 4) is 11.1 Å². The standard InChI is InChI=1S/C33H47NO5S/c1-5-6-19-38-31(26-13-8-7-9-14-26)24(3)39-22-25-16-17-28(29(21-25)27-15-11-10-12-23(27)2)32(35)34-30(33(36)37)18-20-40-4/h10-12,15-17,21,24,26,30-31H,5-9,13-14,18-20,22H2,1-4H3,(H,34,35)(H,36,37)/t24?,30-,31?/m0/s1. The predicted molar refractivity (Wildman–Crippen MR) is 164 cm³/mol. The van der Waals surface area contributed by atoms with Gasteiger partial charge in [-0.05, 0) is 91.8 Å². The summed E-state index contributed by atoms with van der Waals surface area (Å²) in [7, 11) is 0. The Morgan fingerprint density at radius 1 is 1.07 bits per heavy atom. The Hall–Kier alpha value is -2.35. The lowest BCUT2D eigenvalue weighted by atomic mass is 9.83. The van der Waals surface area contributed by atoms with Gasteiger partial charge in [-0.2, -0.15) is 11.8 Å². The molecule has 6 nitrogen and oxygen atoms in total. The molecule has 1 fully saturated rings. The highest BCUT2D eigenvalue weighted by molar-refractivity contribution is 7.98. The van der Waals surface area contributed by atoms with Crippen molar-refractivity contribution < 1.29 is 24.2 Å². The van der Waals surface area contributed by atoms with Gasteiger partial charge in [0.05, 0.1) is 18.8 Å². The fraction of sp³-hybridized carbons (Fsp3) is 0.576. The number of carboxylic acid groups (broad SMARTS) is 1. The van der Waals surface area contributed by atoms with Gasteiger partial charge in [-0.1, -0.05) is 62.9 Å². The lowest BCUT2D eigenvalue weighted by Crippen LogP contribution is -2.41.